The Hall–Kier alpha value is -2.87. The summed E-state index contributed by atoms with van der Waals surface area (Å²) in [5, 5.41) is 1.18. The molecule has 2 aromatic heterocycles. The minimum absolute atomic E-state index is 1.04. The van der Waals surface area contributed by atoms with Crippen molar-refractivity contribution in [1.29, 1.82) is 0 Å². The van der Waals surface area contributed by atoms with Crippen molar-refractivity contribution in [1.82, 2.24) is 9.55 Å². The molecule has 2 aromatic carbocycles. The first-order valence-corrected chi connectivity index (χ1v) is 6.95. The molecule has 0 saturated carbocycles. The molecule has 0 amide bonds. The Balaban J connectivity index is 2.17. The molecule has 0 saturated heterocycles. The summed E-state index contributed by atoms with van der Waals surface area (Å²) in [5.74, 6) is 0. The SMILES string of the molecule is C=Cc1cccc(-n2c3ccccc3c3ncccc32)c1. The summed E-state index contributed by atoms with van der Waals surface area (Å²) in [6.07, 6.45) is 3.72. The van der Waals surface area contributed by atoms with Crippen molar-refractivity contribution in [2.24, 2.45) is 0 Å². The van der Waals surface area contributed by atoms with Crippen LogP contribution in [0.1, 0.15) is 5.56 Å². The maximum absolute atomic E-state index is 4.56. The fraction of sp³-hybridized carbons (Fsp3) is 0. The minimum atomic E-state index is 1.04. The molecule has 2 nitrogen and oxygen atoms in total. The number of para-hydroxylation sites is 1. The van der Waals surface area contributed by atoms with Gasteiger partial charge in [0, 0.05) is 17.3 Å². The number of hydrogen-bond acceptors (Lipinski definition) is 1. The smallest absolute Gasteiger partial charge is 0.0963 e. The van der Waals surface area contributed by atoms with Gasteiger partial charge in [0.15, 0.2) is 0 Å². The first kappa shape index (κ1) is 11.9. The van der Waals surface area contributed by atoms with E-state index in [2.05, 4.69) is 70.7 Å². The van der Waals surface area contributed by atoms with Crippen molar-refractivity contribution >= 4 is 28.0 Å². The van der Waals surface area contributed by atoms with E-state index in [4.69, 9.17) is 0 Å². The predicted molar refractivity (Wildman–Crippen MR) is 88.7 cm³/mol. The zero-order valence-corrected chi connectivity index (χ0v) is 11.5. The van der Waals surface area contributed by atoms with Gasteiger partial charge in [-0.05, 0) is 35.9 Å². The molecule has 21 heavy (non-hydrogen) atoms. The fourth-order valence-electron chi connectivity index (χ4n) is 2.85. The highest BCUT2D eigenvalue weighted by Gasteiger charge is 2.11. The van der Waals surface area contributed by atoms with Gasteiger partial charge in [-0.25, -0.2) is 0 Å². The lowest BCUT2D eigenvalue weighted by Crippen LogP contribution is -1.93. The highest BCUT2D eigenvalue weighted by Crippen LogP contribution is 2.30. The summed E-state index contributed by atoms with van der Waals surface area (Å²) in [6, 6.07) is 20.9. The molecule has 4 rings (SSSR count). The van der Waals surface area contributed by atoms with Gasteiger partial charge < -0.3 is 4.57 Å². The molecular formula is C19H14N2. The Morgan fingerprint density at radius 1 is 0.905 bits per heavy atom. The number of nitrogens with zero attached hydrogens (tertiary/aromatic N) is 2. The van der Waals surface area contributed by atoms with Crippen LogP contribution in [0, 0.1) is 0 Å². The first-order chi connectivity index (χ1) is 10.4. The van der Waals surface area contributed by atoms with E-state index >= 15 is 0 Å². The second-order valence-electron chi connectivity index (χ2n) is 5.02. The van der Waals surface area contributed by atoms with Crippen LogP contribution in [0.15, 0.2) is 73.4 Å². The van der Waals surface area contributed by atoms with E-state index in [1.807, 2.05) is 18.3 Å². The lowest BCUT2D eigenvalue weighted by atomic mass is 10.2. The van der Waals surface area contributed by atoms with Gasteiger partial charge >= 0.3 is 0 Å². The van der Waals surface area contributed by atoms with Crippen LogP contribution in [0.25, 0.3) is 33.7 Å². The summed E-state index contributed by atoms with van der Waals surface area (Å²) in [7, 11) is 0. The van der Waals surface area contributed by atoms with Crippen LogP contribution in [-0.2, 0) is 0 Å². The van der Waals surface area contributed by atoms with Gasteiger partial charge in [-0.15, -0.1) is 0 Å². The topological polar surface area (TPSA) is 17.8 Å². The van der Waals surface area contributed by atoms with Crippen molar-refractivity contribution < 1.29 is 0 Å². The highest BCUT2D eigenvalue weighted by atomic mass is 15.0. The predicted octanol–water partition coefficient (Wildman–Crippen LogP) is 4.82. The summed E-state index contributed by atoms with van der Waals surface area (Å²) >= 11 is 0. The molecule has 0 spiro atoms. The zero-order chi connectivity index (χ0) is 14.2. The second-order valence-corrected chi connectivity index (χ2v) is 5.02. The Labute approximate surface area is 123 Å². The number of benzene rings is 2. The fourth-order valence-corrected chi connectivity index (χ4v) is 2.85. The third-order valence-electron chi connectivity index (χ3n) is 3.79. The largest absolute Gasteiger partial charge is 0.308 e. The third-order valence-corrected chi connectivity index (χ3v) is 3.79. The summed E-state index contributed by atoms with van der Waals surface area (Å²) in [4.78, 5) is 4.56. The Bertz CT molecular complexity index is 910. The molecule has 0 bridgehead atoms. The molecule has 0 aliphatic rings. The van der Waals surface area contributed by atoms with Gasteiger partial charge in [0.05, 0.1) is 16.6 Å². The molecule has 0 aliphatic carbocycles. The number of fused-ring (bicyclic) bond motifs is 3. The van der Waals surface area contributed by atoms with Crippen LogP contribution in [0.4, 0.5) is 0 Å². The van der Waals surface area contributed by atoms with E-state index in [0.29, 0.717) is 0 Å². The highest BCUT2D eigenvalue weighted by molar-refractivity contribution is 6.06. The van der Waals surface area contributed by atoms with Gasteiger partial charge in [-0.1, -0.05) is 43.0 Å². The van der Waals surface area contributed by atoms with E-state index < -0.39 is 0 Å². The van der Waals surface area contributed by atoms with Gasteiger partial charge in [-0.2, -0.15) is 0 Å². The molecule has 4 aromatic rings. The van der Waals surface area contributed by atoms with Crippen LogP contribution in [0.2, 0.25) is 0 Å². The standard InChI is InChI=1S/C19H14N2/c1-2-14-7-5-8-15(13-14)21-17-10-4-3-9-16(17)19-18(21)11-6-12-20-19/h2-13H,1H2. The maximum atomic E-state index is 4.56. The monoisotopic (exact) mass is 270 g/mol. The van der Waals surface area contributed by atoms with E-state index in [0.717, 1.165) is 22.3 Å². The number of rotatable bonds is 2. The lowest BCUT2D eigenvalue weighted by Gasteiger charge is -2.08. The van der Waals surface area contributed by atoms with Gasteiger partial charge in [0.1, 0.15) is 0 Å². The Morgan fingerprint density at radius 3 is 2.67 bits per heavy atom. The second kappa shape index (κ2) is 4.60. The number of pyridine rings is 1. The molecule has 2 heterocycles. The van der Waals surface area contributed by atoms with Gasteiger partial charge in [0.2, 0.25) is 0 Å². The van der Waals surface area contributed by atoms with Crippen molar-refractivity contribution in [3.05, 3.63) is 79.0 Å². The quantitative estimate of drug-likeness (QED) is 0.510. The van der Waals surface area contributed by atoms with E-state index in [-0.39, 0.29) is 0 Å². The molecule has 0 unspecified atom stereocenters. The molecular weight excluding hydrogens is 256 g/mol. The Kier molecular flexibility index (Phi) is 2.61. The van der Waals surface area contributed by atoms with E-state index in [9.17, 15) is 0 Å². The lowest BCUT2D eigenvalue weighted by molar-refractivity contribution is 1.17. The maximum Gasteiger partial charge on any atom is 0.0963 e. The molecule has 0 radical (unpaired) electrons. The van der Waals surface area contributed by atoms with Gasteiger partial charge in [0.25, 0.3) is 0 Å². The molecule has 0 atom stereocenters. The molecule has 0 aliphatic heterocycles. The molecule has 100 valence electrons. The van der Waals surface area contributed by atoms with Crippen molar-refractivity contribution in [2.45, 2.75) is 0 Å². The summed E-state index contributed by atoms with van der Waals surface area (Å²) in [6.45, 7) is 3.86. The summed E-state index contributed by atoms with van der Waals surface area (Å²) in [5.41, 5.74) is 5.58. The van der Waals surface area contributed by atoms with Crippen LogP contribution in [-0.4, -0.2) is 9.55 Å². The molecule has 2 heteroatoms. The van der Waals surface area contributed by atoms with Crippen molar-refractivity contribution in [3.63, 3.8) is 0 Å². The third kappa shape index (κ3) is 1.77. The average molecular weight is 270 g/mol. The average Bonchev–Trinajstić information content (AvgIpc) is 2.89. The van der Waals surface area contributed by atoms with E-state index in [1.165, 1.54) is 10.9 Å². The van der Waals surface area contributed by atoms with Crippen molar-refractivity contribution in [3.8, 4) is 5.69 Å². The van der Waals surface area contributed by atoms with Crippen molar-refractivity contribution in [2.75, 3.05) is 0 Å². The molecule has 0 N–H and O–H groups in total. The zero-order valence-electron chi connectivity index (χ0n) is 11.5. The van der Waals surface area contributed by atoms with E-state index in [1.54, 1.807) is 0 Å². The normalized spacial score (nSPS) is 11.0. The van der Waals surface area contributed by atoms with Crippen LogP contribution >= 0.6 is 0 Å². The Morgan fingerprint density at radius 2 is 1.76 bits per heavy atom. The van der Waals surface area contributed by atoms with Crippen LogP contribution in [0.3, 0.4) is 0 Å². The van der Waals surface area contributed by atoms with Gasteiger partial charge in [-0.3, -0.25) is 4.98 Å². The summed E-state index contributed by atoms with van der Waals surface area (Å²) < 4.78 is 2.25. The first-order valence-electron chi connectivity index (χ1n) is 6.95. The minimum Gasteiger partial charge on any atom is -0.308 e. The van der Waals surface area contributed by atoms with Crippen LogP contribution < -0.4 is 0 Å². The van der Waals surface area contributed by atoms with Crippen LogP contribution in [0.5, 0.6) is 0 Å². The number of aromatic nitrogens is 2. The number of hydrogen-bond donors (Lipinski definition) is 0. The molecule has 0 fully saturated rings.